The Morgan fingerprint density at radius 1 is 0.351 bits per heavy atom. The third-order valence-corrected chi connectivity index (χ3v) is 7.27. The minimum atomic E-state index is 0.840. The topological polar surface area (TPSA) is 18.5 Å². The zero-order valence-electron chi connectivity index (χ0n) is 26.3. The van der Waals surface area contributed by atoms with Crippen molar-refractivity contribution in [2.24, 2.45) is 0 Å². The van der Waals surface area contributed by atoms with Crippen LogP contribution in [0, 0.1) is 0 Å². The summed E-state index contributed by atoms with van der Waals surface area (Å²) >= 11 is 0. The lowest BCUT2D eigenvalue weighted by Crippen LogP contribution is -1.97. The molecule has 2 heteroatoms. The molecule has 0 rings (SSSR count). The summed E-state index contributed by atoms with van der Waals surface area (Å²) in [5.74, 6) is 0. The maximum atomic E-state index is 5.80. The standard InChI is InChI=1S/C26H54O.C9H18O/c1-3-5-7-9-11-13-15-17-19-21-23-25-27-26-24-22-20-18-16-14-12-10-8-6-4-2;1-3-5-6-7-8-9-10-4-2/h3-26H2,1-2H3;4H,2-3,5-9H2,1H3. The van der Waals surface area contributed by atoms with Crippen molar-refractivity contribution in [3.05, 3.63) is 12.8 Å². The van der Waals surface area contributed by atoms with Crippen LogP contribution in [0.15, 0.2) is 12.8 Å². The van der Waals surface area contributed by atoms with Crippen LogP contribution in [0.4, 0.5) is 0 Å². The smallest absolute Gasteiger partial charge is 0.0873 e. The number of rotatable bonds is 31. The van der Waals surface area contributed by atoms with E-state index in [2.05, 4.69) is 27.4 Å². The van der Waals surface area contributed by atoms with E-state index in [1.807, 2.05) is 0 Å². The van der Waals surface area contributed by atoms with E-state index in [1.165, 1.54) is 180 Å². The molecule has 2 nitrogen and oxygen atoms in total. The molecule has 224 valence electrons. The van der Waals surface area contributed by atoms with Gasteiger partial charge in [0.2, 0.25) is 0 Å². The van der Waals surface area contributed by atoms with E-state index in [1.54, 1.807) is 0 Å². The molecule has 0 heterocycles. The molecule has 0 radical (unpaired) electrons. The van der Waals surface area contributed by atoms with Gasteiger partial charge in [-0.05, 0) is 19.3 Å². The van der Waals surface area contributed by atoms with Gasteiger partial charge in [-0.1, -0.05) is 181 Å². The predicted octanol–water partition coefficient (Wildman–Crippen LogP) is 12.7. The van der Waals surface area contributed by atoms with Crippen LogP contribution in [0.5, 0.6) is 0 Å². The molecule has 0 saturated carbocycles. The van der Waals surface area contributed by atoms with E-state index in [4.69, 9.17) is 9.47 Å². The summed E-state index contributed by atoms with van der Waals surface area (Å²) in [6.07, 6.45) is 39.1. The van der Waals surface area contributed by atoms with Crippen LogP contribution in [0.25, 0.3) is 0 Å². The van der Waals surface area contributed by atoms with Crippen molar-refractivity contribution in [1.29, 1.82) is 0 Å². The monoisotopic (exact) mass is 525 g/mol. The fraction of sp³-hybridized carbons (Fsp3) is 0.943. The van der Waals surface area contributed by atoms with Crippen molar-refractivity contribution in [3.8, 4) is 0 Å². The summed E-state index contributed by atoms with van der Waals surface area (Å²) in [7, 11) is 0. The molecule has 37 heavy (non-hydrogen) atoms. The average molecular weight is 525 g/mol. The van der Waals surface area contributed by atoms with Gasteiger partial charge in [0.1, 0.15) is 0 Å². The van der Waals surface area contributed by atoms with Crippen molar-refractivity contribution < 1.29 is 9.47 Å². The molecular formula is C35H72O2. The van der Waals surface area contributed by atoms with Gasteiger partial charge in [0.05, 0.1) is 12.9 Å². The van der Waals surface area contributed by atoms with Gasteiger partial charge in [0.15, 0.2) is 0 Å². The zero-order chi connectivity index (χ0) is 27.3. The Morgan fingerprint density at radius 2 is 0.595 bits per heavy atom. The van der Waals surface area contributed by atoms with Crippen molar-refractivity contribution in [1.82, 2.24) is 0 Å². The number of hydrogen-bond donors (Lipinski definition) is 0. The molecule has 0 atom stereocenters. The largest absolute Gasteiger partial charge is 0.502 e. The highest BCUT2D eigenvalue weighted by Gasteiger charge is 1.95. The summed E-state index contributed by atoms with van der Waals surface area (Å²) in [6.45, 7) is 13.1. The SMILES string of the molecule is C=COCCCCCCC.CCCCCCCCCCCCCOCCCCCCCCCCCCC. The van der Waals surface area contributed by atoms with Gasteiger partial charge in [0.25, 0.3) is 0 Å². The lowest BCUT2D eigenvalue weighted by Gasteiger charge is -2.05. The highest BCUT2D eigenvalue weighted by molar-refractivity contribution is 4.51. The molecule has 0 unspecified atom stereocenters. The highest BCUT2D eigenvalue weighted by Crippen LogP contribution is 2.13. The van der Waals surface area contributed by atoms with E-state index < -0.39 is 0 Å². The molecule has 0 spiro atoms. The van der Waals surface area contributed by atoms with E-state index in [0.717, 1.165) is 19.8 Å². The second kappa shape index (κ2) is 40.0. The molecule has 0 aliphatic carbocycles. The van der Waals surface area contributed by atoms with E-state index >= 15 is 0 Å². The van der Waals surface area contributed by atoms with Gasteiger partial charge in [-0.2, -0.15) is 0 Å². The Balaban J connectivity index is 0. The summed E-state index contributed by atoms with van der Waals surface area (Å²) in [5.41, 5.74) is 0. The highest BCUT2D eigenvalue weighted by atomic mass is 16.5. The molecule has 0 aromatic carbocycles. The van der Waals surface area contributed by atoms with Crippen molar-refractivity contribution in [3.63, 3.8) is 0 Å². The predicted molar refractivity (Wildman–Crippen MR) is 169 cm³/mol. The molecule has 0 aromatic heterocycles. The van der Waals surface area contributed by atoms with Gasteiger partial charge < -0.3 is 9.47 Å². The minimum Gasteiger partial charge on any atom is -0.502 e. The molecule has 0 bridgehead atoms. The molecule has 0 fully saturated rings. The summed E-state index contributed by atoms with van der Waals surface area (Å²) < 4.78 is 10.8. The Kier molecular flexibility index (Phi) is 41.8. The molecule has 0 aliphatic rings. The maximum absolute atomic E-state index is 5.80. The Morgan fingerprint density at radius 3 is 0.865 bits per heavy atom. The Labute approximate surface area is 236 Å². The first-order valence-electron chi connectivity index (χ1n) is 17.1. The number of hydrogen-bond acceptors (Lipinski definition) is 2. The van der Waals surface area contributed by atoms with Gasteiger partial charge in [0, 0.05) is 13.2 Å². The molecule has 0 amide bonds. The third kappa shape index (κ3) is 42.8. The van der Waals surface area contributed by atoms with Gasteiger partial charge >= 0.3 is 0 Å². The first kappa shape index (κ1) is 38.6. The quantitative estimate of drug-likeness (QED) is 0.0663. The van der Waals surface area contributed by atoms with Crippen molar-refractivity contribution in [2.75, 3.05) is 19.8 Å². The summed E-state index contributed by atoms with van der Waals surface area (Å²) in [4.78, 5) is 0. The van der Waals surface area contributed by atoms with Gasteiger partial charge in [-0.25, -0.2) is 0 Å². The van der Waals surface area contributed by atoms with E-state index in [9.17, 15) is 0 Å². The number of unbranched alkanes of at least 4 members (excludes halogenated alkanes) is 24. The second-order valence-corrected chi connectivity index (χ2v) is 11.1. The van der Waals surface area contributed by atoms with Gasteiger partial charge in [-0.3, -0.25) is 0 Å². The first-order chi connectivity index (χ1) is 18.3. The minimum absolute atomic E-state index is 0.840. The van der Waals surface area contributed by atoms with Crippen molar-refractivity contribution in [2.45, 2.75) is 194 Å². The zero-order valence-corrected chi connectivity index (χ0v) is 26.3. The fourth-order valence-electron chi connectivity index (χ4n) is 4.71. The fourth-order valence-corrected chi connectivity index (χ4v) is 4.71. The van der Waals surface area contributed by atoms with Crippen LogP contribution in [0.3, 0.4) is 0 Å². The maximum Gasteiger partial charge on any atom is 0.0873 e. The molecule has 0 saturated heterocycles. The lowest BCUT2D eigenvalue weighted by molar-refractivity contribution is 0.125. The van der Waals surface area contributed by atoms with Crippen LogP contribution >= 0.6 is 0 Å². The summed E-state index contributed by atoms with van der Waals surface area (Å²) in [6, 6.07) is 0. The second-order valence-electron chi connectivity index (χ2n) is 11.1. The Bertz CT molecular complexity index is 344. The average Bonchev–Trinajstić information content (AvgIpc) is 2.91. The van der Waals surface area contributed by atoms with Crippen LogP contribution < -0.4 is 0 Å². The van der Waals surface area contributed by atoms with E-state index in [-0.39, 0.29) is 0 Å². The first-order valence-corrected chi connectivity index (χ1v) is 17.1. The summed E-state index contributed by atoms with van der Waals surface area (Å²) in [5, 5.41) is 0. The van der Waals surface area contributed by atoms with Crippen LogP contribution in [0.1, 0.15) is 194 Å². The van der Waals surface area contributed by atoms with Crippen LogP contribution in [-0.2, 0) is 9.47 Å². The van der Waals surface area contributed by atoms with Crippen LogP contribution in [0.2, 0.25) is 0 Å². The molecule has 0 aromatic rings. The molecule has 0 N–H and O–H groups in total. The third-order valence-electron chi connectivity index (χ3n) is 7.27. The van der Waals surface area contributed by atoms with Crippen molar-refractivity contribution >= 4 is 0 Å². The van der Waals surface area contributed by atoms with E-state index in [0.29, 0.717) is 0 Å². The normalized spacial score (nSPS) is 10.8. The van der Waals surface area contributed by atoms with Gasteiger partial charge in [-0.15, -0.1) is 0 Å². The lowest BCUT2D eigenvalue weighted by atomic mass is 10.1. The van der Waals surface area contributed by atoms with Crippen LogP contribution in [-0.4, -0.2) is 19.8 Å². The Hall–Kier alpha value is -0.500. The molecule has 0 aliphatic heterocycles. The molecular weight excluding hydrogens is 452 g/mol. The number of ether oxygens (including phenoxy) is 2.